The first-order valence-electron chi connectivity index (χ1n) is 8.98. The summed E-state index contributed by atoms with van der Waals surface area (Å²) in [5.41, 5.74) is 1.12. The molecule has 0 radical (unpaired) electrons. The van der Waals surface area contributed by atoms with Crippen molar-refractivity contribution in [3.05, 3.63) is 16.0 Å². The Bertz CT molecular complexity index is 721. The van der Waals surface area contributed by atoms with Crippen LogP contribution in [0.3, 0.4) is 0 Å². The number of thiophene rings is 1. The molecule has 2 aliphatic rings. The van der Waals surface area contributed by atoms with E-state index in [4.69, 9.17) is 5.11 Å². The van der Waals surface area contributed by atoms with Crippen LogP contribution in [0, 0.1) is 11.8 Å². The number of likely N-dealkylation sites (tertiary alicyclic amines) is 1. The van der Waals surface area contributed by atoms with Crippen LogP contribution >= 0.6 is 11.3 Å². The van der Waals surface area contributed by atoms with Crippen molar-refractivity contribution < 1.29 is 24.6 Å². The normalized spacial score (nSPS) is 21.2. The minimum Gasteiger partial charge on any atom is -0.481 e. The fourth-order valence-electron chi connectivity index (χ4n) is 3.77. The summed E-state index contributed by atoms with van der Waals surface area (Å²) in [4.78, 5) is 38.1. The molecule has 3 N–H and O–H groups in total. The zero-order valence-corrected chi connectivity index (χ0v) is 15.6. The zero-order valence-electron chi connectivity index (χ0n) is 14.8. The van der Waals surface area contributed by atoms with Crippen molar-refractivity contribution in [1.82, 2.24) is 4.90 Å². The number of carbonyl (C=O) groups is 3. The first-order chi connectivity index (χ1) is 12.3. The van der Waals surface area contributed by atoms with Gasteiger partial charge in [-0.05, 0) is 56.7 Å². The molecule has 0 aromatic carbocycles. The molecule has 1 atom stereocenters. The molecule has 1 unspecified atom stereocenters. The predicted octanol–water partition coefficient (Wildman–Crippen LogP) is 2.31. The van der Waals surface area contributed by atoms with Crippen LogP contribution in [0.4, 0.5) is 5.00 Å². The summed E-state index contributed by atoms with van der Waals surface area (Å²) in [6.07, 6.45) is 3.64. The number of nitrogens with zero attached hydrogens (tertiary/aromatic N) is 1. The SMILES string of the molecule is CC1CCc2c(sc(NC(=O)CN3CCC(C(=O)O)CC3)c2C(=O)O)C1. The quantitative estimate of drug-likeness (QED) is 0.724. The molecule has 142 valence electrons. The third-order valence-electron chi connectivity index (χ3n) is 5.28. The van der Waals surface area contributed by atoms with Gasteiger partial charge in [0.1, 0.15) is 5.00 Å². The number of rotatable bonds is 5. The molecule has 1 aliphatic heterocycles. The second kappa shape index (κ2) is 7.75. The molecule has 1 amide bonds. The molecule has 3 rings (SSSR count). The van der Waals surface area contributed by atoms with Gasteiger partial charge in [0.15, 0.2) is 0 Å². The smallest absolute Gasteiger partial charge is 0.339 e. The zero-order chi connectivity index (χ0) is 18.8. The van der Waals surface area contributed by atoms with Gasteiger partial charge in [0.05, 0.1) is 18.0 Å². The Morgan fingerprint density at radius 1 is 1.19 bits per heavy atom. The van der Waals surface area contributed by atoms with E-state index in [2.05, 4.69) is 12.2 Å². The Morgan fingerprint density at radius 3 is 2.50 bits per heavy atom. The Morgan fingerprint density at radius 2 is 1.88 bits per heavy atom. The first kappa shape index (κ1) is 18.8. The van der Waals surface area contributed by atoms with Gasteiger partial charge in [0.2, 0.25) is 5.91 Å². The lowest BCUT2D eigenvalue weighted by Gasteiger charge is -2.29. The number of carbonyl (C=O) groups excluding carboxylic acids is 1. The Hall–Kier alpha value is -1.93. The first-order valence-corrected chi connectivity index (χ1v) is 9.79. The van der Waals surface area contributed by atoms with E-state index in [9.17, 15) is 19.5 Å². The number of hydrogen-bond acceptors (Lipinski definition) is 5. The summed E-state index contributed by atoms with van der Waals surface area (Å²) >= 11 is 1.38. The molecule has 1 saturated heterocycles. The van der Waals surface area contributed by atoms with Crippen LogP contribution in [0.2, 0.25) is 0 Å². The Balaban J connectivity index is 1.64. The highest BCUT2D eigenvalue weighted by Gasteiger charge is 2.29. The fraction of sp³-hybridized carbons (Fsp3) is 0.611. The summed E-state index contributed by atoms with van der Waals surface area (Å²) in [6, 6.07) is 0. The number of aliphatic carboxylic acids is 1. The Kier molecular flexibility index (Phi) is 5.62. The van der Waals surface area contributed by atoms with Crippen molar-refractivity contribution in [3.63, 3.8) is 0 Å². The monoisotopic (exact) mass is 380 g/mol. The molecule has 0 bridgehead atoms. The lowest BCUT2D eigenvalue weighted by atomic mass is 9.88. The number of amides is 1. The van der Waals surface area contributed by atoms with Gasteiger partial charge in [0.25, 0.3) is 0 Å². The van der Waals surface area contributed by atoms with Crippen molar-refractivity contribution >= 4 is 34.2 Å². The van der Waals surface area contributed by atoms with E-state index in [1.54, 1.807) is 0 Å². The van der Waals surface area contributed by atoms with E-state index in [0.29, 0.717) is 36.9 Å². The summed E-state index contributed by atoms with van der Waals surface area (Å²) in [6.45, 7) is 3.44. The maximum absolute atomic E-state index is 12.4. The molecular formula is C18H24N2O5S. The molecule has 1 aromatic heterocycles. The predicted molar refractivity (Wildman–Crippen MR) is 97.9 cm³/mol. The van der Waals surface area contributed by atoms with Gasteiger partial charge in [-0.2, -0.15) is 0 Å². The number of fused-ring (bicyclic) bond motifs is 1. The molecule has 8 heteroatoms. The number of aromatic carboxylic acids is 1. The standard InChI is InChI=1S/C18H24N2O5S/c1-10-2-3-12-13(8-10)26-16(15(12)18(24)25)19-14(21)9-20-6-4-11(5-7-20)17(22)23/h10-11H,2-9H2,1H3,(H,19,21)(H,22,23)(H,24,25). The number of nitrogens with one attached hydrogen (secondary N) is 1. The van der Waals surface area contributed by atoms with Crippen LogP contribution in [0.5, 0.6) is 0 Å². The topological polar surface area (TPSA) is 107 Å². The van der Waals surface area contributed by atoms with E-state index in [1.807, 2.05) is 4.90 Å². The summed E-state index contributed by atoms with van der Waals surface area (Å²) in [5, 5.41) is 21.8. The number of piperidine rings is 1. The molecule has 1 aliphatic carbocycles. The minimum absolute atomic E-state index is 0.157. The lowest BCUT2D eigenvalue weighted by Crippen LogP contribution is -2.40. The van der Waals surface area contributed by atoms with Gasteiger partial charge in [-0.15, -0.1) is 11.3 Å². The van der Waals surface area contributed by atoms with Crippen molar-refractivity contribution in [3.8, 4) is 0 Å². The second-order valence-corrected chi connectivity index (χ2v) is 8.40. The van der Waals surface area contributed by atoms with Crippen LogP contribution in [-0.2, 0) is 22.4 Å². The summed E-state index contributed by atoms with van der Waals surface area (Å²) < 4.78 is 0. The third kappa shape index (κ3) is 4.07. The van der Waals surface area contributed by atoms with Gasteiger partial charge in [-0.3, -0.25) is 14.5 Å². The molecule has 2 heterocycles. The second-order valence-electron chi connectivity index (χ2n) is 7.30. The van der Waals surface area contributed by atoms with Crippen LogP contribution < -0.4 is 5.32 Å². The van der Waals surface area contributed by atoms with Crippen molar-refractivity contribution in [2.24, 2.45) is 11.8 Å². The van der Waals surface area contributed by atoms with Gasteiger partial charge in [0, 0.05) is 4.88 Å². The van der Waals surface area contributed by atoms with Crippen molar-refractivity contribution in [1.29, 1.82) is 0 Å². The highest BCUT2D eigenvalue weighted by Crippen LogP contribution is 2.39. The van der Waals surface area contributed by atoms with Crippen LogP contribution in [0.25, 0.3) is 0 Å². The number of carboxylic acid groups (broad SMARTS) is 2. The minimum atomic E-state index is -0.991. The van der Waals surface area contributed by atoms with Gasteiger partial charge in [-0.25, -0.2) is 4.79 Å². The van der Waals surface area contributed by atoms with Crippen LogP contribution in [0.15, 0.2) is 0 Å². The number of anilines is 1. The van der Waals surface area contributed by atoms with E-state index in [1.165, 1.54) is 11.3 Å². The molecule has 7 nitrogen and oxygen atoms in total. The van der Waals surface area contributed by atoms with Gasteiger partial charge in [-0.1, -0.05) is 6.92 Å². The molecule has 0 saturated carbocycles. The van der Waals surface area contributed by atoms with E-state index < -0.39 is 11.9 Å². The maximum Gasteiger partial charge on any atom is 0.339 e. The summed E-state index contributed by atoms with van der Waals surface area (Å²) in [7, 11) is 0. The molecule has 0 spiro atoms. The molecule has 26 heavy (non-hydrogen) atoms. The van der Waals surface area contributed by atoms with E-state index in [-0.39, 0.29) is 23.9 Å². The highest BCUT2D eigenvalue weighted by atomic mass is 32.1. The van der Waals surface area contributed by atoms with Crippen LogP contribution in [-0.4, -0.2) is 52.6 Å². The number of carboxylic acids is 2. The highest BCUT2D eigenvalue weighted by molar-refractivity contribution is 7.17. The average molecular weight is 380 g/mol. The van der Waals surface area contributed by atoms with Crippen molar-refractivity contribution in [2.75, 3.05) is 25.0 Å². The van der Waals surface area contributed by atoms with Crippen LogP contribution in [0.1, 0.15) is 47.0 Å². The fourth-order valence-corrected chi connectivity index (χ4v) is 5.19. The van der Waals surface area contributed by atoms with Gasteiger partial charge < -0.3 is 15.5 Å². The van der Waals surface area contributed by atoms with Gasteiger partial charge >= 0.3 is 11.9 Å². The largest absolute Gasteiger partial charge is 0.481 e. The van der Waals surface area contributed by atoms with E-state index in [0.717, 1.165) is 29.7 Å². The molecular weight excluding hydrogens is 356 g/mol. The van der Waals surface area contributed by atoms with E-state index >= 15 is 0 Å². The average Bonchev–Trinajstić information content (AvgIpc) is 2.91. The summed E-state index contributed by atoms with van der Waals surface area (Å²) in [5.74, 6) is -1.82. The molecule has 1 aromatic rings. The Labute approximate surface area is 156 Å². The molecule has 1 fully saturated rings. The lowest BCUT2D eigenvalue weighted by molar-refractivity contribution is -0.143. The number of hydrogen-bond donors (Lipinski definition) is 3. The van der Waals surface area contributed by atoms with Crippen molar-refractivity contribution in [2.45, 2.75) is 39.0 Å². The maximum atomic E-state index is 12.4. The third-order valence-corrected chi connectivity index (χ3v) is 6.45.